The van der Waals surface area contributed by atoms with Gasteiger partial charge in [-0.05, 0) is 31.0 Å². The summed E-state index contributed by atoms with van der Waals surface area (Å²) < 4.78 is 25.5. The van der Waals surface area contributed by atoms with Crippen molar-refractivity contribution >= 4 is 21.6 Å². The molecule has 134 valence electrons. The number of hydrogen-bond donors (Lipinski definition) is 1. The van der Waals surface area contributed by atoms with Crippen molar-refractivity contribution in [1.29, 1.82) is 0 Å². The third-order valence-corrected chi connectivity index (χ3v) is 5.08. The van der Waals surface area contributed by atoms with Gasteiger partial charge in [-0.3, -0.25) is 9.10 Å². The van der Waals surface area contributed by atoms with Crippen molar-refractivity contribution in [3.05, 3.63) is 65.2 Å². The van der Waals surface area contributed by atoms with E-state index >= 15 is 0 Å². The van der Waals surface area contributed by atoms with Gasteiger partial charge in [0, 0.05) is 19.5 Å². The number of aryl methyl sites for hydroxylation is 2. The summed E-state index contributed by atoms with van der Waals surface area (Å²) in [7, 11) is -3.46. The molecule has 2 aromatic carbocycles. The normalized spacial score (nSPS) is 11.2. The highest BCUT2D eigenvalue weighted by Gasteiger charge is 2.19. The van der Waals surface area contributed by atoms with Crippen LogP contribution in [0.2, 0.25) is 0 Å². The molecular formula is C19H24N2O3S. The van der Waals surface area contributed by atoms with E-state index in [0.29, 0.717) is 12.2 Å². The molecule has 0 aliphatic rings. The maximum Gasteiger partial charge on any atom is 0.232 e. The molecule has 0 saturated carbocycles. The lowest BCUT2D eigenvalue weighted by Gasteiger charge is -2.23. The van der Waals surface area contributed by atoms with Crippen molar-refractivity contribution in [2.45, 2.75) is 26.8 Å². The third kappa shape index (κ3) is 5.60. The number of hydrogen-bond acceptors (Lipinski definition) is 3. The van der Waals surface area contributed by atoms with Crippen molar-refractivity contribution in [2.75, 3.05) is 17.1 Å². The Bertz CT molecular complexity index is 847. The minimum atomic E-state index is -3.46. The van der Waals surface area contributed by atoms with Crippen LogP contribution in [0.15, 0.2) is 48.5 Å². The van der Waals surface area contributed by atoms with Crippen LogP contribution in [0.25, 0.3) is 0 Å². The highest BCUT2D eigenvalue weighted by atomic mass is 32.2. The van der Waals surface area contributed by atoms with Gasteiger partial charge in [-0.25, -0.2) is 8.42 Å². The quantitative estimate of drug-likeness (QED) is 0.826. The van der Waals surface area contributed by atoms with E-state index in [1.807, 2.05) is 50.2 Å². The summed E-state index contributed by atoms with van der Waals surface area (Å²) in [6, 6.07) is 15.1. The second kappa shape index (κ2) is 8.16. The Morgan fingerprint density at radius 3 is 2.44 bits per heavy atom. The van der Waals surface area contributed by atoms with Gasteiger partial charge < -0.3 is 5.32 Å². The second-order valence-electron chi connectivity index (χ2n) is 6.14. The molecule has 0 spiro atoms. The molecule has 6 heteroatoms. The van der Waals surface area contributed by atoms with Crippen molar-refractivity contribution in [1.82, 2.24) is 5.32 Å². The van der Waals surface area contributed by atoms with Crippen molar-refractivity contribution in [3.8, 4) is 0 Å². The summed E-state index contributed by atoms with van der Waals surface area (Å²) in [4.78, 5) is 12.1. The van der Waals surface area contributed by atoms with Gasteiger partial charge in [0.05, 0.1) is 11.9 Å². The van der Waals surface area contributed by atoms with E-state index < -0.39 is 10.0 Å². The molecule has 25 heavy (non-hydrogen) atoms. The van der Waals surface area contributed by atoms with E-state index in [1.165, 1.54) is 4.31 Å². The molecule has 1 N–H and O–H groups in total. The highest BCUT2D eigenvalue weighted by molar-refractivity contribution is 7.92. The number of sulfonamides is 1. The zero-order valence-electron chi connectivity index (χ0n) is 14.8. The number of benzene rings is 2. The van der Waals surface area contributed by atoms with Gasteiger partial charge in [0.2, 0.25) is 15.9 Å². The van der Waals surface area contributed by atoms with Gasteiger partial charge in [-0.2, -0.15) is 0 Å². The molecule has 0 bridgehead atoms. The lowest BCUT2D eigenvalue weighted by molar-refractivity contribution is -0.121. The van der Waals surface area contributed by atoms with Gasteiger partial charge in [0.15, 0.2) is 0 Å². The standard InChI is InChI=1S/C19H24N2O3S/c1-15-7-6-9-17(13-15)14-20-19(22)11-12-21(25(3,23)24)18-10-5-4-8-16(18)2/h4-10,13H,11-12,14H2,1-3H3,(H,20,22). The second-order valence-corrected chi connectivity index (χ2v) is 8.04. The van der Waals surface area contributed by atoms with Crippen LogP contribution in [0.4, 0.5) is 5.69 Å². The Balaban J connectivity index is 1.99. The smallest absolute Gasteiger partial charge is 0.232 e. The molecule has 2 aromatic rings. The molecule has 0 fully saturated rings. The first-order valence-corrected chi connectivity index (χ1v) is 9.98. The summed E-state index contributed by atoms with van der Waals surface area (Å²) in [5.74, 6) is -0.177. The van der Waals surface area contributed by atoms with E-state index in [1.54, 1.807) is 12.1 Å². The average molecular weight is 360 g/mol. The molecule has 0 aliphatic heterocycles. The lowest BCUT2D eigenvalue weighted by Crippen LogP contribution is -2.35. The number of anilines is 1. The molecule has 0 heterocycles. The first-order chi connectivity index (χ1) is 11.8. The van der Waals surface area contributed by atoms with Crippen LogP contribution in [0, 0.1) is 13.8 Å². The van der Waals surface area contributed by atoms with E-state index in [0.717, 1.165) is 22.9 Å². The van der Waals surface area contributed by atoms with Crippen LogP contribution in [-0.4, -0.2) is 27.1 Å². The van der Waals surface area contributed by atoms with E-state index in [9.17, 15) is 13.2 Å². The molecule has 0 unspecified atom stereocenters. The summed E-state index contributed by atoms with van der Waals surface area (Å²) in [5.41, 5.74) is 3.62. The number of amides is 1. The monoisotopic (exact) mass is 360 g/mol. The van der Waals surface area contributed by atoms with Gasteiger partial charge >= 0.3 is 0 Å². The molecule has 0 aliphatic carbocycles. The van der Waals surface area contributed by atoms with Crippen LogP contribution in [-0.2, 0) is 21.4 Å². The van der Waals surface area contributed by atoms with Crippen LogP contribution < -0.4 is 9.62 Å². The Hall–Kier alpha value is -2.34. The Morgan fingerprint density at radius 1 is 1.08 bits per heavy atom. The summed E-state index contributed by atoms with van der Waals surface area (Å²) >= 11 is 0. The summed E-state index contributed by atoms with van der Waals surface area (Å²) in [6.45, 7) is 4.40. The Labute approximate surface area is 149 Å². The summed E-state index contributed by atoms with van der Waals surface area (Å²) in [5, 5.41) is 2.84. The topological polar surface area (TPSA) is 66.5 Å². The lowest BCUT2D eigenvalue weighted by atomic mass is 10.1. The van der Waals surface area contributed by atoms with Gasteiger partial charge in [-0.15, -0.1) is 0 Å². The molecular weight excluding hydrogens is 336 g/mol. The number of rotatable bonds is 7. The summed E-state index contributed by atoms with van der Waals surface area (Å²) in [6.07, 6.45) is 1.26. The Morgan fingerprint density at radius 2 is 1.80 bits per heavy atom. The fourth-order valence-electron chi connectivity index (χ4n) is 2.62. The van der Waals surface area contributed by atoms with Crippen LogP contribution >= 0.6 is 0 Å². The van der Waals surface area contributed by atoms with Crippen molar-refractivity contribution < 1.29 is 13.2 Å². The van der Waals surface area contributed by atoms with Gasteiger partial charge in [0.1, 0.15) is 0 Å². The molecule has 5 nitrogen and oxygen atoms in total. The van der Waals surface area contributed by atoms with Crippen LogP contribution in [0.1, 0.15) is 23.1 Å². The van der Waals surface area contributed by atoms with E-state index in [4.69, 9.17) is 0 Å². The number of carbonyl (C=O) groups is 1. The maximum absolute atomic E-state index is 12.1. The van der Waals surface area contributed by atoms with Gasteiger partial charge in [0.25, 0.3) is 0 Å². The fraction of sp³-hybridized carbons (Fsp3) is 0.316. The van der Waals surface area contributed by atoms with Crippen LogP contribution in [0.3, 0.4) is 0 Å². The number of nitrogens with one attached hydrogen (secondary N) is 1. The largest absolute Gasteiger partial charge is 0.352 e. The first kappa shape index (κ1) is 19.0. The third-order valence-electron chi connectivity index (χ3n) is 3.90. The Kier molecular flexibility index (Phi) is 6.20. The molecule has 0 aromatic heterocycles. The maximum atomic E-state index is 12.1. The van der Waals surface area contributed by atoms with Crippen molar-refractivity contribution in [2.24, 2.45) is 0 Å². The SMILES string of the molecule is Cc1cccc(CNC(=O)CCN(c2ccccc2C)S(C)(=O)=O)c1. The minimum Gasteiger partial charge on any atom is -0.352 e. The molecule has 0 atom stereocenters. The highest BCUT2D eigenvalue weighted by Crippen LogP contribution is 2.22. The van der Waals surface area contributed by atoms with Crippen LogP contribution in [0.5, 0.6) is 0 Å². The first-order valence-electron chi connectivity index (χ1n) is 8.13. The zero-order valence-corrected chi connectivity index (χ0v) is 15.6. The predicted octanol–water partition coefficient (Wildman–Crippen LogP) is 2.78. The number of nitrogens with zero attached hydrogens (tertiary/aromatic N) is 1. The predicted molar refractivity (Wildman–Crippen MR) is 101 cm³/mol. The zero-order chi connectivity index (χ0) is 18.4. The average Bonchev–Trinajstić information content (AvgIpc) is 2.53. The van der Waals surface area contributed by atoms with E-state index in [-0.39, 0.29) is 18.9 Å². The fourth-order valence-corrected chi connectivity index (χ4v) is 3.61. The molecule has 1 amide bonds. The molecule has 0 radical (unpaired) electrons. The number of carbonyl (C=O) groups excluding carboxylic acids is 1. The molecule has 2 rings (SSSR count). The number of para-hydroxylation sites is 1. The van der Waals surface area contributed by atoms with Gasteiger partial charge in [-0.1, -0.05) is 48.0 Å². The minimum absolute atomic E-state index is 0.104. The molecule has 0 saturated heterocycles. The van der Waals surface area contributed by atoms with Crippen molar-refractivity contribution in [3.63, 3.8) is 0 Å². The van der Waals surface area contributed by atoms with E-state index in [2.05, 4.69) is 5.32 Å².